The smallest absolute Gasteiger partial charge is 0.293 e. The number of benzene rings is 3. The summed E-state index contributed by atoms with van der Waals surface area (Å²) in [5.74, 6) is -3.54. The van der Waals surface area contributed by atoms with Crippen LogP contribution in [0.2, 0.25) is 0 Å². The van der Waals surface area contributed by atoms with Crippen LogP contribution in [-0.2, 0) is 31.4 Å². The maximum Gasteiger partial charge on any atom is 0.293 e. The summed E-state index contributed by atoms with van der Waals surface area (Å²) in [6, 6.07) is 17.6. The number of hydrogen-bond acceptors (Lipinski definition) is 6. The van der Waals surface area contributed by atoms with Crippen LogP contribution in [0.15, 0.2) is 66.7 Å². The molecule has 4 N–H and O–H groups in total. The molecule has 2 aliphatic rings. The highest BCUT2D eigenvalue weighted by molar-refractivity contribution is 6.09. The zero-order chi connectivity index (χ0) is 26.0. The van der Waals surface area contributed by atoms with E-state index in [-0.39, 0.29) is 37.8 Å². The fourth-order valence-electron chi connectivity index (χ4n) is 4.36. The highest BCUT2D eigenvalue weighted by Gasteiger charge is 2.55. The molecule has 9 nitrogen and oxygen atoms in total. The van der Waals surface area contributed by atoms with E-state index in [4.69, 9.17) is 15.2 Å². The Hall–Kier alpha value is -4.28. The zero-order valence-electron chi connectivity index (χ0n) is 19.8. The third-order valence-corrected chi connectivity index (χ3v) is 6.25. The Balaban J connectivity index is 1.21. The number of carbonyl (C=O) groups is 3. The number of carbonyl (C=O) groups excluding carboxylic acids is 3. The van der Waals surface area contributed by atoms with Crippen molar-refractivity contribution in [2.45, 2.75) is 18.8 Å². The minimum Gasteiger partial charge on any atom is -0.397 e. The summed E-state index contributed by atoms with van der Waals surface area (Å²) in [6.45, 7) is 0.469. The van der Waals surface area contributed by atoms with E-state index >= 15 is 0 Å². The van der Waals surface area contributed by atoms with E-state index in [2.05, 4.69) is 10.6 Å². The molecule has 1 saturated heterocycles. The Bertz CT molecular complexity index is 1360. The molecule has 3 amide bonds. The highest BCUT2D eigenvalue weighted by Crippen LogP contribution is 2.45. The number of nitrogen functional groups attached to an aromatic ring is 1. The molecule has 37 heavy (non-hydrogen) atoms. The van der Waals surface area contributed by atoms with E-state index in [0.717, 1.165) is 5.56 Å². The number of amides is 3. The first kappa shape index (κ1) is 24.4. The monoisotopic (exact) mass is 504 g/mol. The normalized spacial score (nSPS) is 15.9. The van der Waals surface area contributed by atoms with Gasteiger partial charge in [-0.15, -0.1) is 0 Å². The van der Waals surface area contributed by atoms with Crippen molar-refractivity contribution in [3.63, 3.8) is 0 Å². The molecule has 190 valence electrons. The summed E-state index contributed by atoms with van der Waals surface area (Å²) in [5, 5.41) is 5.53. The second-order valence-electron chi connectivity index (χ2n) is 8.73. The molecular weight excluding hydrogens is 479 g/mol. The first-order valence-electron chi connectivity index (χ1n) is 11.8. The van der Waals surface area contributed by atoms with E-state index in [1.165, 1.54) is 23.1 Å². The number of nitrogens with two attached hydrogens (primary N) is 1. The lowest BCUT2D eigenvalue weighted by atomic mass is 10.1. The van der Waals surface area contributed by atoms with Gasteiger partial charge in [0.1, 0.15) is 12.4 Å². The Morgan fingerprint density at radius 2 is 1.76 bits per heavy atom. The van der Waals surface area contributed by atoms with Crippen LogP contribution in [0.5, 0.6) is 0 Å². The minimum absolute atomic E-state index is 0.183. The number of nitrogens with zero attached hydrogens (tertiary/aromatic N) is 1. The Morgan fingerprint density at radius 3 is 2.49 bits per heavy atom. The van der Waals surface area contributed by atoms with Crippen molar-refractivity contribution >= 4 is 34.8 Å². The standard InChI is InChI=1S/C27H25FN4O5/c28-19-10-11-23-20(14-19)27(36-12-3-13-37-27)26(35)32(23)16-24(33)30-15-17-6-8-18(9-7-17)25(34)31-22-5-2-1-4-21(22)29/h1-2,4-11,14H,3,12-13,15-16,29H2,(H,30,33)(H,31,34). The van der Waals surface area contributed by atoms with Crippen LogP contribution < -0.4 is 21.3 Å². The predicted molar refractivity (Wildman–Crippen MR) is 134 cm³/mol. The van der Waals surface area contributed by atoms with Gasteiger partial charge in [-0.3, -0.25) is 19.3 Å². The van der Waals surface area contributed by atoms with E-state index in [0.29, 0.717) is 29.0 Å². The molecule has 1 spiro atoms. The first-order chi connectivity index (χ1) is 17.9. The molecule has 2 heterocycles. The summed E-state index contributed by atoms with van der Waals surface area (Å²) >= 11 is 0. The van der Waals surface area contributed by atoms with E-state index in [1.807, 2.05) is 0 Å². The topological polar surface area (TPSA) is 123 Å². The van der Waals surface area contributed by atoms with Gasteiger partial charge in [0.2, 0.25) is 5.91 Å². The van der Waals surface area contributed by atoms with Crippen LogP contribution >= 0.6 is 0 Å². The van der Waals surface area contributed by atoms with Gasteiger partial charge in [-0.25, -0.2) is 4.39 Å². The van der Waals surface area contributed by atoms with Crippen LogP contribution in [0.3, 0.4) is 0 Å². The number of nitrogens with one attached hydrogen (secondary N) is 2. The molecule has 0 atom stereocenters. The van der Waals surface area contributed by atoms with Crippen molar-refractivity contribution in [3.8, 4) is 0 Å². The van der Waals surface area contributed by atoms with Crippen LogP contribution in [0.25, 0.3) is 0 Å². The van der Waals surface area contributed by atoms with Gasteiger partial charge in [-0.1, -0.05) is 24.3 Å². The molecule has 0 aliphatic carbocycles. The highest BCUT2D eigenvalue weighted by atomic mass is 19.1. The molecule has 2 aliphatic heterocycles. The predicted octanol–water partition coefficient (Wildman–Crippen LogP) is 2.91. The third-order valence-electron chi connectivity index (χ3n) is 6.25. The number of halogens is 1. The molecule has 0 radical (unpaired) electrons. The second kappa shape index (κ2) is 10.00. The fraction of sp³-hybridized carbons (Fsp3) is 0.222. The fourth-order valence-corrected chi connectivity index (χ4v) is 4.36. The largest absolute Gasteiger partial charge is 0.397 e. The summed E-state index contributed by atoms with van der Waals surface area (Å²) < 4.78 is 25.3. The molecule has 10 heteroatoms. The molecule has 1 fully saturated rings. The van der Waals surface area contributed by atoms with Crippen molar-refractivity contribution in [1.29, 1.82) is 0 Å². The molecule has 0 unspecified atom stereocenters. The lowest BCUT2D eigenvalue weighted by Crippen LogP contribution is -2.49. The zero-order valence-corrected chi connectivity index (χ0v) is 19.8. The van der Waals surface area contributed by atoms with Gasteiger partial charge in [-0.05, 0) is 54.4 Å². The molecule has 0 bridgehead atoms. The summed E-state index contributed by atoms with van der Waals surface area (Å²) in [5.41, 5.74) is 8.68. The molecule has 5 rings (SSSR count). The number of anilines is 3. The van der Waals surface area contributed by atoms with Gasteiger partial charge in [0.15, 0.2) is 0 Å². The van der Waals surface area contributed by atoms with Crippen molar-refractivity contribution in [1.82, 2.24) is 5.32 Å². The number of rotatable bonds is 6. The van der Waals surface area contributed by atoms with Gasteiger partial charge in [0.25, 0.3) is 17.6 Å². The van der Waals surface area contributed by atoms with Crippen LogP contribution in [0.1, 0.15) is 27.9 Å². The van der Waals surface area contributed by atoms with Crippen LogP contribution in [0.4, 0.5) is 21.5 Å². The maximum absolute atomic E-state index is 14.0. The average molecular weight is 505 g/mol. The molecular formula is C27H25FN4O5. The SMILES string of the molecule is Nc1ccccc1NC(=O)c1ccc(CNC(=O)CN2C(=O)C3(OCCCO3)c3cc(F)ccc32)cc1. The number of hydrogen-bond donors (Lipinski definition) is 3. The van der Waals surface area contributed by atoms with Crippen molar-refractivity contribution in [2.75, 3.05) is 35.7 Å². The summed E-state index contributed by atoms with van der Waals surface area (Å²) in [6.07, 6.45) is 0.612. The van der Waals surface area contributed by atoms with Crippen LogP contribution in [0, 0.1) is 5.82 Å². The molecule has 0 saturated carbocycles. The second-order valence-corrected chi connectivity index (χ2v) is 8.73. The van der Waals surface area contributed by atoms with Crippen molar-refractivity contribution in [2.24, 2.45) is 0 Å². The van der Waals surface area contributed by atoms with Gasteiger partial charge in [0.05, 0.1) is 30.3 Å². The van der Waals surface area contributed by atoms with Crippen LogP contribution in [-0.4, -0.2) is 37.5 Å². The van der Waals surface area contributed by atoms with Crippen molar-refractivity contribution < 1.29 is 28.2 Å². The first-order valence-corrected chi connectivity index (χ1v) is 11.8. The van der Waals surface area contributed by atoms with Crippen molar-refractivity contribution in [3.05, 3.63) is 89.2 Å². The van der Waals surface area contributed by atoms with E-state index < -0.39 is 23.4 Å². The third kappa shape index (κ3) is 4.76. The maximum atomic E-state index is 14.0. The number of para-hydroxylation sites is 2. The number of fused-ring (bicyclic) bond motifs is 2. The molecule has 0 aromatic heterocycles. The molecule has 3 aromatic carbocycles. The summed E-state index contributed by atoms with van der Waals surface area (Å²) in [7, 11) is 0. The lowest BCUT2D eigenvalue weighted by molar-refractivity contribution is -0.256. The van der Waals surface area contributed by atoms with Gasteiger partial charge >= 0.3 is 0 Å². The van der Waals surface area contributed by atoms with E-state index in [1.54, 1.807) is 48.5 Å². The Labute approximate surface area is 212 Å². The lowest BCUT2D eigenvalue weighted by Gasteiger charge is -2.32. The minimum atomic E-state index is -1.73. The Kier molecular flexibility index (Phi) is 6.60. The summed E-state index contributed by atoms with van der Waals surface area (Å²) in [4.78, 5) is 39.7. The Morgan fingerprint density at radius 1 is 1.03 bits per heavy atom. The van der Waals surface area contributed by atoms with Gasteiger partial charge in [-0.2, -0.15) is 0 Å². The van der Waals surface area contributed by atoms with E-state index in [9.17, 15) is 18.8 Å². The quantitative estimate of drug-likeness (QED) is 0.444. The molecule has 3 aromatic rings. The van der Waals surface area contributed by atoms with Gasteiger partial charge in [0, 0.05) is 17.7 Å². The van der Waals surface area contributed by atoms with Gasteiger partial charge < -0.3 is 25.8 Å². The number of ether oxygens (including phenoxy) is 2. The average Bonchev–Trinajstić information content (AvgIpc) is 3.11.